The number of hydrogen-bond acceptors (Lipinski definition) is 2. The minimum atomic E-state index is 0.638. The Morgan fingerprint density at radius 2 is 1.48 bits per heavy atom. The van der Waals surface area contributed by atoms with Gasteiger partial charge in [0.15, 0.2) is 0 Å². The molecule has 0 aliphatic carbocycles. The molecule has 0 saturated carbocycles. The zero-order chi connectivity index (χ0) is 17.1. The van der Waals surface area contributed by atoms with Crippen LogP contribution in [0.5, 0.6) is 11.8 Å². The number of ether oxygens (including phenoxy) is 1. The first-order chi connectivity index (χ1) is 12.3. The zero-order valence-electron chi connectivity index (χ0n) is 14.2. The van der Waals surface area contributed by atoms with Gasteiger partial charge in [-0.25, -0.2) is 0 Å². The van der Waals surface area contributed by atoms with Gasteiger partial charge in [0.25, 0.3) is 0 Å². The molecule has 0 N–H and O–H groups in total. The van der Waals surface area contributed by atoms with Crippen molar-refractivity contribution in [3.8, 4) is 11.8 Å². The average molecular weight is 328 g/mol. The number of rotatable bonds is 5. The molecule has 0 radical (unpaired) electrons. The maximum absolute atomic E-state index is 6.04. The number of aryl methyl sites for hydroxylation is 1. The number of nitrogens with zero attached hydrogens (tertiary/aromatic N) is 2. The van der Waals surface area contributed by atoms with Crippen LogP contribution in [0, 0.1) is 0 Å². The lowest BCUT2D eigenvalue weighted by Crippen LogP contribution is -1.98. The molecule has 3 aromatic carbocycles. The van der Waals surface area contributed by atoms with Crippen molar-refractivity contribution in [1.82, 2.24) is 9.55 Å². The Balaban J connectivity index is 1.55. The van der Waals surface area contributed by atoms with E-state index in [1.165, 1.54) is 11.1 Å². The van der Waals surface area contributed by atoms with E-state index in [4.69, 9.17) is 4.74 Å². The maximum atomic E-state index is 6.04. The number of imidazole rings is 1. The standard InChI is InChI=1S/C22H20N2O/c1-2-24-21-11-7-6-10-20(21)23-22(24)25-19-14-12-18(13-15-19)16-17-8-4-3-5-9-17/h3-15H,2,16H2,1H3. The Morgan fingerprint density at radius 3 is 2.24 bits per heavy atom. The maximum Gasteiger partial charge on any atom is 0.302 e. The minimum Gasteiger partial charge on any atom is -0.425 e. The number of aromatic nitrogens is 2. The third-order valence-electron chi connectivity index (χ3n) is 4.32. The minimum absolute atomic E-state index is 0.638. The van der Waals surface area contributed by atoms with E-state index in [-0.39, 0.29) is 0 Å². The molecule has 0 fully saturated rings. The second kappa shape index (κ2) is 6.81. The molecule has 0 spiro atoms. The summed E-state index contributed by atoms with van der Waals surface area (Å²) in [4.78, 5) is 4.61. The molecule has 0 amide bonds. The summed E-state index contributed by atoms with van der Waals surface area (Å²) in [5.74, 6) is 0.807. The first-order valence-corrected chi connectivity index (χ1v) is 8.59. The fourth-order valence-electron chi connectivity index (χ4n) is 3.05. The van der Waals surface area contributed by atoms with Gasteiger partial charge in [0.05, 0.1) is 11.0 Å². The Morgan fingerprint density at radius 1 is 0.800 bits per heavy atom. The molecule has 3 nitrogen and oxygen atoms in total. The Labute approximate surface area is 147 Å². The Kier molecular flexibility index (Phi) is 4.21. The van der Waals surface area contributed by atoms with Gasteiger partial charge in [-0.05, 0) is 48.7 Å². The van der Waals surface area contributed by atoms with Crippen molar-refractivity contribution in [2.24, 2.45) is 0 Å². The molecule has 0 atom stereocenters. The largest absolute Gasteiger partial charge is 0.425 e. The summed E-state index contributed by atoms with van der Waals surface area (Å²) < 4.78 is 8.13. The molecule has 3 heteroatoms. The molecule has 0 aliphatic heterocycles. The van der Waals surface area contributed by atoms with Crippen molar-refractivity contribution < 1.29 is 4.74 Å². The van der Waals surface area contributed by atoms with Gasteiger partial charge in [0.1, 0.15) is 5.75 Å². The van der Waals surface area contributed by atoms with Gasteiger partial charge in [-0.3, -0.25) is 4.57 Å². The van der Waals surface area contributed by atoms with Gasteiger partial charge in [-0.1, -0.05) is 54.6 Å². The lowest BCUT2D eigenvalue weighted by atomic mass is 10.1. The summed E-state index contributed by atoms with van der Waals surface area (Å²) in [6, 6.07) is 27.5. The molecule has 124 valence electrons. The molecule has 1 heterocycles. The number of fused-ring (bicyclic) bond motifs is 1. The second-order valence-corrected chi connectivity index (χ2v) is 6.04. The highest BCUT2D eigenvalue weighted by Gasteiger charge is 2.11. The fourth-order valence-corrected chi connectivity index (χ4v) is 3.05. The molecule has 4 aromatic rings. The van der Waals surface area contributed by atoms with Gasteiger partial charge in [-0.2, -0.15) is 4.98 Å². The Hall–Kier alpha value is -3.07. The summed E-state index contributed by atoms with van der Waals surface area (Å²) in [5.41, 5.74) is 4.63. The van der Waals surface area contributed by atoms with Gasteiger partial charge in [0, 0.05) is 6.54 Å². The van der Waals surface area contributed by atoms with Gasteiger partial charge < -0.3 is 4.74 Å². The first-order valence-electron chi connectivity index (χ1n) is 8.59. The van der Waals surface area contributed by atoms with Gasteiger partial charge >= 0.3 is 6.01 Å². The van der Waals surface area contributed by atoms with Crippen molar-refractivity contribution >= 4 is 11.0 Å². The van der Waals surface area contributed by atoms with E-state index < -0.39 is 0 Å². The van der Waals surface area contributed by atoms with Crippen molar-refractivity contribution in [3.05, 3.63) is 90.0 Å². The third-order valence-corrected chi connectivity index (χ3v) is 4.32. The van der Waals surface area contributed by atoms with Crippen LogP contribution in [0.15, 0.2) is 78.9 Å². The lowest BCUT2D eigenvalue weighted by molar-refractivity contribution is 0.419. The number of hydrogen-bond donors (Lipinski definition) is 0. The van der Waals surface area contributed by atoms with E-state index in [9.17, 15) is 0 Å². The molecule has 0 saturated heterocycles. The van der Waals surface area contributed by atoms with Crippen molar-refractivity contribution in [2.75, 3.05) is 0 Å². The van der Waals surface area contributed by atoms with Gasteiger partial charge in [0.2, 0.25) is 0 Å². The molecule has 25 heavy (non-hydrogen) atoms. The van der Waals surface area contributed by atoms with Crippen molar-refractivity contribution in [2.45, 2.75) is 19.9 Å². The highest BCUT2D eigenvalue weighted by molar-refractivity contribution is 5.76. The second-order valence-electron chi connectivity index (χ2n) is 6.04. The number of benzene rings is 3. The van der Waals surface area contributed by atoms with E-state index in [0.29, 0.717) is 6.01 Å². The van der Waals surface area contributed by atoms with Gasteiger partial charge in [-0.15, -0.1) is 0 Å². The molecule has 0 bridgehead atoms. The van der Waals surface area contributed by atoms with E-state index in [1.807, 2.05) is 36.4 Å². The normalized spacial score (nSPS) is 10.9. The number of para-hydroxylation sites is 2. The van der Waals surface area contributed by atoms with Crippen LogP contribution in [0.3, 0.4) is 0 Å². The quantitative estimate of drug-likeness (QED) is 0.488. The van der Waals surface area contributed by atoms with Crippen LogP contribution in [0.4, 0.5) is 0 Å². The summed E-state index contributed by atoms with van der Waals surface area (Å²) in [6.07, 6.45) is 0.925. The molecule has 4 rings (SSSR count). The van der Waals surface area contributed by atoms with Crippen LogP contribution in [0.1, 0.15) is 18.1 Å². The summed E-state index contributed by atoms with van der Waals surface area (Å²) in [6.45, 7) is 2.92. The van der Waals surface area contributed by atoms with Crippen LogP contribution in [-0.4, -0.2) is 9.55 Å². The Bertz CT molecular complexity index is 972. The smallest absolute Gasteiger partial charge is 0.302 e. The van der Waals surface area contributed by atoms with Crippen LogP contribution < -0.4 is 4.74 Å². The fraction of sp³-hybridized carbons (Fsp3) is 0.136. The summed E-state index contributed by atoms with van der Waals surface area (Å²) in [5, 5.41) is 0. The SMILES string of the molecule is CCn1c(Oc2ccc(Cc3ccccc3)cc2)nc2ccccc21. The average Bonchev–Trinajstić information content (AvgIpc) is 3.01. The summed E-state index contributed by atoms with van der Waals surface area (Å²) >= 11 is 0. The molecule has 0 unspecified atom stereocenters. The molecule has 0 aliphatic rings. The van der Waals surface area contributed by atoms with Crippen LogP contribution in [-0.2, 0) is 13.0 Å². The zero-order valence-corrected chi connectivity index (χ0v) is 14.2. The third kappa shape index (κ3) is 3.26. The van der Waals surface area contributed by atoms with E-state index in [0.717, 1.165) is 29.7 Å². The van der Waals surface area contributed by atoms with E-state index in [1.54, 1.807) is 0 Å². The molecular weight excluding hydrogens is 308 g/mol. The van der Waals surface area contributed by atoms with E-state index >= 15 is 0 Å². The predicted octanol–water partition coefficient (Wildman–Crippen LogP) is 5.44. The predicted molar refractivity (Wildman–Crippen MR) is 101 cm³/mol. The molecular formula is C22H20N2O. The van der Waals surface area contributed by atoms with Crippen LogP contribution in [0.25, 0.3) is 11.0 Å². The molecule has 1 aromatic heterocycles. The highest BCUT2D eigenvalue weighted by atomic mass is 16.5. The van der Waals surface area contributed by atoms with Crippen LogP contribution >= 0.6 is 0 Å². The van der Waals surface area contributed by atoms with Crippen molar-refractivity contribution in [3.63, 3.8) is 0 Å². The highest BCUT2D eigenvalue weighted by Crippen LogP contribution is 2.26. The first kappa shape index (κ1) is 15.5. The van der Waals surface area contributed by atoms with Crippen LogP contribution in [0.2, 0.25) is 0 Å². The lowest BCUT2D eigenvalue weighted by Gasteiger charge is -2.08. The van der Waals surface area contributed by atoms with Crippen molar-refractivity contribution in [1.29, 1.82) is 0 Å². The monoisotopic (exact) mass is 328 g/mol. The summed E-state index contributed by atoms with van der Waals surface area (Å²) in [7, 11) is 0. The van der Waals surface area contributed by atoms with E-state index in [2.05, 4.69) is 58.9 Å². The topological polar surface area (TPSA) is 27.1 Å².